The maximum absolute atomic E-state index is 11.9. The maximum atomic E-state index is 11.9. The summed E-state index contributed by atoms with van der Waals surface area (Å²) in [7, 11) is 0. The van der Waals surface area contributed by atoms with Gasteiger partial charge < -0.3 is 21.3 Å². The van der Waals surface area contributed by atoms with E-state index in [0.29, 0.717) is 25.3 Å². The Morgan fingerprint density at radius 1 is 1.23 bits per heavy atom. The van der Waals surface area contributed by atoms with Gasteiger partial charge in [-0.15, -0.1) is 0 Å². The molecule has 0 saturated carbocycles. The van der Waals surface area contributed by atoms with Crippen LogP contribution in [-0.2, 0) is 29.1 Å². The zero-order chi connectivity index (χ0) is 18.4. The van der Waals surface area contributed by atoms with E-state index in [1.807, 2.05) is 23.1 Å². The second kappa shape index (κ2) is 5.98. The molecule has 1 fully saturated rings. The Labute approximate surface area is 148 Å². The van der Waals surface area contributed by atoms with Crippen molar-refractivity contribution in [2.45, 2.75) is 32.0 Å². The maximum Gasteiger partial charge on any atom is 0.253 e. The monoisotopic (exact) mass is 354 g/mol. The first-order valence-corrected chi connectivity index (χ1v) is 8.45. The first kappa shape index (κ1) is 16.3. The highest BCUT2D eigenvalue weighted by Gasteiger charge is 2.31. The molecule has 2 heterocycles. The smallest absolute Gasteiger partial charge is 0.253 e. The largest absolute Gasteiger partial charge is 0.394 e. The predicted octanol–water partition coefficient (Wildman–Crippen LogP) is -1.07. The van der Waals surface area contributed by atoms with Gasteiger partial charge in [0.1, 0.15) is 17.4 Å². The molecule has 1 atom stereocenters. The molecule has 0 aliphatic carbocycles. The molecular formula is C18H18N4O4. The number of nitrogens with one attached hydrogen (secondary N) is 2. The molecule has 0 aromatic heterocycles. The van der Waals surface area contributed by atoms with Gasteiger partial charge in [-0.05, 0) is 23.1 Å². The van der Waals surface area contributed by atoms with Crippen LogP contribution in [0, 0.1) is 0 Å². The number of anilines is 2. The van der Waals surface area contributed by atoms with Crippen molar-refractivity contribution < 1.29 is 9.59 Å². The van der Waals surface area contributed by atoms with Gasteiger partial charge in [0, 0.05) is 19.6 Å². The van der Waals surface area contributed by atoms with Crippen LogP contribution in [-0.4, -0.2) is 24.4 Å². The molecule has 2 aliphatic heterocycles. The molecule has 0 bridgehead atoms. The molecule has 2 aromatic rings. The zero-order valence-electron chi connectivity index (χ0n) is 14.0. The lowest BCUT2D eigenvalue weighted by Gasteiger charge is -2.32. The fourth-order valence-corrected chi connectivity index (χ4v) is 3.45. The fraction of sp³-hybridized carbons (Fsp3) is 0.333. The Morgan fingerprint density at radius 2 is 2.00 bits per heavy atom. The number of nitrogens with zero attached hydrogens (tertiary/aromatic N) is 1. The van der Waals surface area contributed by atoms with Gasteiger partial charge in [-0.3, -0.25) is 19.2 Å². The summed E-state index contributed by atoms with van der Waals surface area (Å²) >= 11 is 0. The van der Waals surface area contributed by atoms with Crippen LogP contribution in [0.4, 0.5) is 11.4 Å². The van der Waals surface area contributed by atoms with Crippen LogP contribution in [0.3, 0.4) is 0 Å². The van der Waals surface area contributed by atoms with Crippen LogP contribution < -0.4 is 32.1 Å². The summed E-state index contributed by atoms with van der Waals surface area (Å²) in [6.07, 6.45) is 0.989. The number of benzene rings is 1. The van der Waals surface area contributed by atoms with E-state index in [0.717, 1.165) is 17.5 Å². The number of fused-ring (bicyclic) bond motifs is 1. The number of hydrogen-bond donors (Lipinski definition) is 3. The average molecular weight is 354 g/mol. The van der Waals surface area contributed by atoms with Gasteiger partial charge >= 0.3 is 0 Å². The van der Waals surface area contributed by atoms with E-state index in [2.05, 4.69) is 10.6 Å². The van der Waals surface area contributed by atoms with Crippen molar-refractivity contribution in [3.63, 3.8) is 0 Å². The normalized spacial score (nSPS) is 18.8. The summed E-state index contributed by atoms with van der Waals surface area (Å²) in [5.41, 5.74) is 8.07. The Hall–Kier alpha value is -3.16. The number of carbonyl (C=O) groups is 2. The minimum absolute atomic E-state index is 0.0458. The van der Waals surface area contributed by atoms with Gasteiger partial charge in [0.2, 0.25) is 11.8 Å². The van der Waals surface area contributed by atoms with Crippen molar-refractivity contribution in [2.24, 2.45) is 0 Å². The highest BCUT2D eigenvalue weighted by molar-refractivity contribution is 5.97. The van der Waals surface area contributed by atoms with Gasteiger partial charge in [0.15, 0.2) is 0 Å². The number of hydrogen-bond acceptors (Lipinski definition) is 6. The Kier molecular flexibility index (Phi) is 3.75. The third-order valence-corrected chi connectivity index (χ3v) is 5.03. The minimum atomic E-state index is -0.606. The van der Waals surface area contributed by atoms with Crippen molar-refractivity contribution in [1.82, 2.24) is 10.6 Å². The van der Waals surface area contributed by atoms with Crippen LogP contribution in [0.1, 0.15) is 23.1 Å². The van der Waals surface area contributed by atoms with E-state index in [1.54, 1.807) is 0 Å². The van der Waals surface area contributed by atoms with E-state index in [4.69, 9.17) is 5.73 Å². The van der Waals surface area contributed by atoms with Crippen LogP contribution >= 0.6 is 0 Å². The lowest BCUT2D eigenvalue weighted by Crippen LogP contribution is -2.56. The quantitative estimate of drug-likeness (QED) is 0.475. The molecule has 0 spiro atoms. The highest BCUT2D eigenvalue weighted by atomic mass is 16.2. The average Bonchev–Trinajstić information content (AvgIpc) is 2.63. The molecule has 26 heavy (non-hydrogen) atoms. The summed E-state index contributed by atoms with van der Waals surface area (Å²) in [5.74, 6) is -0.308. The van der Waals surface area contributed by atoms with Gasteiger partial charge in [-0.2, -0.15) is 0 Å². The minimum Gasteiger partial charge on any atom is -0.394 e. The standard InChI is InChI=1S/C18H18N4O4/c19-14-15(17(25)16(14)24)22-4-3-10-2-1-9(5-11(10)8-22)7-20-18(26)12-6-13(23)21-12/h1-2,5,12H,3-4,6-8,19H2,(H,20,26)(H,21,23)/t12-/m0/s1. The Morgan fingerprint density at radius 3 is 2.69 bits per heavy atom. The molecule has 134 valence electrons. The van der Waals surface area contributed by atoms with Crippen molar-refractivity contribution in [3.05, 3.63) is 55.3 Å². The first-order chi connectivity index (χ1) is 12.4. The molecule has 2 amide bonds. The molecule has 4 rings (SSSR count). The van der Waals surface area contributed by atoms with Crippen LogP contribution in [0.2, 0.25) is 0 Å². The lowest BCUT2D eigenvalue weighted by atomic mass is 9.96. The molecule has 0 radical (unpaired) electrons. The van der Waals surface area contributed by atoms with E-state index in [1.165, 1.54) is 5.56 Å². The van der Waals surface area contributed by atoms with E-state index in [9.17, 15) is 19.2 Å². The molecule has 8 nitrogen and oxygen atoms in total. The van der Waals surface area contributed by atoms with Crippen molar-refractivity contribution in [1.29, 1.82) is 0 Å². The SMILES string of the molecule is Nc1c(N2CCc3ccc(CNC(=O)[C@@H]4CC(=O)N4)cc3C2)c(=O)c1=O. The second-order valence-electron chi connectivity index (χ2n) is 6.74. The van der Waals surface area contributed by atoms with Crippen molar-refractivity contribution in [2.75, 3.05) is 17.2 Å². The molecule has 4 N–H and O–H groups in total. The fourth-order valence-electron chi connectivity index (χ4n) is 3.45. The second-order valence-corrected chi connectivity index (χ2v) is 6.74. The van der Waals surface area contributed by atoms with E-state index < -0.39 is 16.9 Å². The Balaban J connectivity index is 1.44. The van der Waals surface area contributed by atoms with E-state index in [-0.39, 0.29) is 23.9 Å². The molecular weight excluding hydrogens is 336 g/mol. The van der Waals surface area contributed by atoms with Crippen LogP contribution in [0.5, 0.6) is 0 Å². The van der Waals surface area contributed by atoms with Gasteiger partial charge in [0.05, 0.1) is 6.42 Å². The first-order valence-electron chi connectivity index (χ1n) is 8.45. The summed E-state index contributed by atoms with van der Waals surface area (Å²) < 4.78 is 0. The van der Waals surface area contributed by atoms with Crippen molar-refractivity contribution >= 4 is 23.2 Å². The van der Waals surface area contributed by atoms with Gasteiger partial charge in [-0.1, -0.05) is 18.2 Å². The third kappa shape index (κ3) is 2.63. The predicted molar refractivity (Wildman–Crippen MR) is 95.4 cm³/mol. The number of carbonyl (C=O) groups excluding carboxylic acids is 2. The van der Waals surface area contributed by atoms with Crippen molar-refractivity contribution in [3.8, 4) is 0 Å². The topological polar surface area (TPSA) is 122 Å². The third-order valence-electron chi connectivity index (χ3n) is 5.03. The summed E-state index contributed by atoms with van der Waals surface area (Å²) in [4.78, 5) is 47.7. The molecule has 2 aliphatic rings. The number of nitrogens with two attached hydrogens (primary N) is 1. The zero-order valence-corrected chi connectivity index (χ0v) is 14.0. The molecule has 1 saturated heterocycles. The van der Waals surface area contributed by atoms with Gasteiger partial charge in [0.25, 0.3) is 10.9 Å². The van der Waals surface area contributed by atoms with Crippen LogP contribution in [0.25, 0.3) is 0 Å². The number of amides is 2. The summed E-state index contributed by atoms with van der Waals surface area (Å²) in [5, 5.41) is 5.35. The Bertz CT molecular complexity index is 982. The van der Waals surface area contributed by atoms with Gasteiger partial charge in [-0.25, -0.2) is 0 Å². The number of nitrogen functional groups attached to an aromatic ring is 1. The highest BCUT2D eigenvalue weighted by Crippen LogP contribution is 2.26. The molecule has 0 unspecified atom stereocenters. The number of rotatable bonds is 4. The number of β-lactam (4-membered cyclic amide) rings is 1. The molecule has 8 heteroatoms. The molecule has 2 aromatic carbocycles. The summed E-state index contributed by atoms with van der Waals surface area (Å²) in [6, 6.07) is 5.53. The van der Waals surface area contributed by atoms with Crippen LogP contribution in [0.15, 0.2) is 27.8 Å². The van der Waals surface area contributed by atoms with E-state index >= 15 is 0 Å². The summed E-state index contributed by atoms with van der Waals surface area (Å²) in [6.45, 7) is 1.51. The lowest BCUT2D eigenvalue weighted by molar-refractivity contribution is -0.137.